The van der Waals surface area contributed by atoms with Gasteiger partial charge in [-0.1, -0.05) is 24.3 Å². The summed E-state index contributed by atoms with van der Waals surface area (Å²) in [5.41, 5.74) is 0.0161. The van der Waals surface area contributed by atoms with Gasteiger partial charge in [-0.15, -0.1) is 0 Å². The predicted octanol–water partition coefficient (Wildman–Crippen LogP) is 3.07. The Hall–Kier alpha value is -3.06. The first-order valence-electron chi connectivity index (χ1n) is 10.1. The van der Waals surface area contributed by atoms with Gasteiger partial charge < -0.3 is 19.5 Å². The first-order chi connectivity index (χ1) is 14.6. The van der Waals surface area contributed by atoms with Crippen LogP contribution < -0.4 is 14.8 Å². The molecule has 1 N–H and O–H groups in total. The van der Waals surface area contributed by atoms with Gasteiger partial charge in [0, 0.05) is 6.61 Å². The van der Waals surface area contributed by atoms with Crippen molar-refractivity contribution in [1.82, 2.24) is 10.2 Å². The standard InChI is InChI=1S/C23H26N2O5/c1-28-18-10-6-16(7-11-18)23(17-8-12-19(29-2)13-9-17)21(26)25(22(27)24-23)15-20-5-3-4-14-30-20/h6-13,20H,3-5,14-15H2,1-2H3,(H,24,27). The summed E-state index contributed by atoms with van der Waals surface area (Å²) in [4.78, 5) is 28.0. The summed E-state index contributed by atoms with van der Waals surface area (Å²) in [5, 5.41) is 2.96. The highest BCUT2D eigenvalue weighted by Gasteiger charge is 2.54. The average Bonchev–Trinajstić information content (AvgIpc) is 3.05. The van der Waals surface area contributed by atoms with E-state index in [4.69, 9.17) is 14.2 Å². The molecule has 30 heavy (non-hydrogen) atoms. The van der Waals surface area contributed by atoms with Gasteiger partial charge >= 0.3 is 6.03 Å². The van der Waals surface area contributed by atoms with E-state index in [0.29, 0.717) is 29.2 Å². The van der Waals surface area contributed by atoms with Gasteiger partial charge in [0.15, 0.2) is 5.54 Å². The van der Waals surface area contributed by atoms with Gasteiger partial charge in [-0.25, -0.2) is 4.79 Å². The molecule has 1 atom stereocenters. The normalized spacial score (nSPS) is 20.7. The molecular formula is C23H26N2O5. The molecule has 2 aromatic carbocycles. The molecule has 2 aliphatic heterocycles. The van der Waals surface area contributed by atoms with E-state index < -0.39 is 11.6 Å². The number of hydrogen-bond acceptors (Lipinski definition) is 5. The molecular weight excluding hydrogens is 384 g/mol. The Labute approximate surface area is 175 Å². The quantitative estimate of drug-likeness (QED) is 0.741. The molecule has 2 saturated heterocycles. The zero-order valence-corrected chi connectivity index (χ0v) is 17.2. The smallest absolute Gasteiger partial charge is 0.325 e. The fourth-order valence-corrected chi connectivity index (χ4v) is 4.14. The van der Waals surface area contributed by atoms with E-state index in [1.165, 1.54) is 4.90 Å². The lowest BCUT2D eigenvalue weighted by Gasteiger charge is -2.29. The van der Waals surface area contributed by atoms with E-state index in [2.05, 4.69) is 5.32 Å². The first-order valence-corrected chi connectivity index (χ1v) is 10.1. The number of urea groups is 1. The highest BCUT2D eigenvalue weighted by molar-refractivity contribution is 6.09. The largest absolute Gasteiger partial charge is 0.497 e. The fraction of sp³-hybridized carbons (Fsp3) is 0.391. The number of benzene rings is 2. The molecule has 7 heteroatoms. The van der Waals surface area contributed by atoms with E-state index in [1.807, 2.05) is 24.3 Å². The van der Waals surface area contributed by atoms with Crippen LogP contribution in [0.3, 0.4) is 0 Å². The van der Waals surface area contributed by atoms with Crippen LogP contribution in [0.4, 0.5) is 4.79 Å². The molecule has 0 saturated carbocycles. The number of carbonyl (C=O) groups excluding carboxylic acids is 2. The van der Waals surface area contributed by atoms with Crippen molar-refractivity contribution in [2.45, 2.75) is 30.9 Å². The maximum absolute atomic E-state index is 13.7. The Bertz CT molecular complexity index is 857. The lowest BCUT2D eigenvalue weighted by atomic mass is 9.82. The lowest BCUT2D eigenvalue weighted by molar-refractivity contribution is -0.132. The minimum absolute atomic E-state index is 0.129. The van der Waals surface area contributed by atoms with Crippen LogP contribution in [0.5, 0.6) is 11.5 Å². The number of hydrogen-bond donors (Lipinski definition) is 1. The zero-order chi connectivity index (χ0) is 21.1. The Kier molecular flexibility index (Phi) is 5.63. The van der Waals surface area contributed by atoms with Crippen molar-refractivity contribution in [3.05, 3.63) is 59.7 Å². The summed E-state index contributed by atoms with van der Waals surface area (Å²) in [6.45, 7) is 0.912. The van der Waals surface area contributed by atoms with Crippen molar-refractivity contribution in [3.8, 4) is 11.5 Å². The second kappa shape index (κ2) is 8.36. The van der Waals surface area contributed by atoms with E-state index in [1.54, 1.807) is 38.5 Å². The van der Waals surface area contributed by atoms with Gasteiger partial charge in [-0.3, -0.25) is 9.69 Å². The second-order valence-corrected chi connectivity index (χ2v) is 7.54. The highest BCUT2D eigenvalue weighted by Crippen LogP contribution is 2.38. The number of amides is 3. The van der Waals surface area contributed by atoms with Crippen molar-refractivity contribution < 1.29 is 23.8 Å². The van der Waals surface area contributed by atoms with E-state index >= 15 is 0 Å². The second-order valence-electron chi connectivity index (χ2n) is 7.54. The molecule has 0 spiro atoms. The third-order valence-corrected chi connectivity index (χ3v) is 5.81. The van der Waals surface area contributed by atoms with E-state index in [9.17, 15) is 9.59 Å². The molecule has 2 aromatic rings. The summed E-state index contributed by atoms with van der Waals surface area (Å²) in [6.07, 6.45) is 2.76. The summed E-state index contributed by atoms with van der Waals surface area (Å²) in [5.74, 6) is 1.04. The molecule has 2 fully saturated rings. The molecule has 0 radical (unpaired) electrons. The van der Waals surface area contributed by atoms with Gasteiger partial charge in [-0.2, -0.15) is 0 Å². The fourth-order valence-electron chi connectivity index (χ4n) is 4.14. The molecule has 3 amide bonds. The van der Waals surface area contributed by atoms with Crippen LogP contribution in [0.25, 0.3) is 0 Å². The third-order valence-electron chi connectivity index (χ3n) is 5.81. The predicted molar refractivity (Wildman–Crippen MR) is 111 cm³/mol. The minimum Gasteiger partial charge on any atom is -0.497 e. The number of nitrogens with one attached hydrogen (secondary N) is 1. The molecule has 0 bridgehead atoms. The van der Waals surface area contributed by atoms with Crippen LogP contribution in [0.1, 0.15) is 30.4 Å². The van der Waals surface area contributed by atoms with Gasteiger partial charge in [0.1, 0.15) is 11.5 Å². The Morgan fingerprint density at radius 3 is 2.00 bits per heavy atom. The Morgan fingerprint density at radius 1 is 0.967 bits per heavy atom. The zero-order valence-electron chi connectivity index (χ0n) is 17.2. The van der Waals surface area contributed by atoms with Crippen molar-refractivity contribution in [3.63, 3.8) is 0 Å². The van der Waals surface area contributed by atoms with Crippen LogP contribution in [-0.2, 0) is 15.1 Å². The van der Waals surface area contributed by atoms with Gasteiger partial charge in [0.25, 0.3) is 5.91 Å². The third kappa shape index (κ3) is 3.50. The number of imide groups is 1. The van der Waals surface area contributed by atoms with Gasteiger partial charge in [0.05, 0.1) is 26.9 Å². The lowest BCUT2D eigenvalue weighted by Crippen LogP contribution is -2.46. The van der Waals surface area contributed by atoms with Gasteiger partial charge in [0.2, 0.25) is 0 Å². The maximum atomic E-state index is 13.7. The SMILES string of the molecule is COc1ccc(C2(c3ccc(OC)cc3)NC(=O)N(CC3CCCCO3)C2=O)cc1. The van der Waals surface area contributed by atoms with Crippen molar-refractivity contribution >= 4 is 11.9 Å². The minimum atomic E-state index is -1.32. The van der Waals surface area contributed by atoms with Crippen molar-refractivity contribution in [2.24, 2.45) is 0 Å². The summed E-state index contributed by atoms with van der Waals surface area (Å²) >= 11 is 0. The highest BCUT2D eigenvalue weighted by atomic mass is 16.5. The topological polar surface area (TPSA) is 77.1 Å². The molecule has 4 rings (SSSR count). The van der Waals surface area contributed by atoms with Gasteiger partial charge in [-0.05, 0) is 54.7 Å². The first kappa shape index (κ1) is 20.2. The number of carbonyl (C=O) groups is 2. The molecule has 158 valence electrons. The number of rotatable bonds is 6. The van der Waals surface area contributed by atoms with Crippen molar-refractivity contribution in [1.29, 1.82) is 0 Å². The summed E-state index contributed by atoms with van der Waals surface area (Å²) in [6, 6.07) is 14.0. The van der Waals surface area contributed by atoms with Crippen LogP contribution in [-0.4, -0.2) is 50.3 Å². The molecule has 0 aliphatic carbocycles. The van der Waals surface area contributed by atoms with Crippen molar-refractivity contribution in [2.75, 3.05) is 27.4 Å². The molecule has 2 heterocycles. The van der Waals surface area contributed by atoms with Crippen LogP contribution >= 0.6 is 0 Å². The summed E-state index contributed by atoms with van der Waals surface area (Å²) < 4.78 is 16.3. The number of nitrogens with zero attached hydrogens (tertiary/aromatic N) is 1. The van der Waals surface area contributed by atoms with E-state index in [0.717, 1.165) is 19.3 Å². The number of ether oxygens (including phenoxy) is 3. The molecule has 2 aliphatic rings. The Morgan fingerprint density at radius 2 is 1.53 bits per heavy atom. The summed E-state index contributed by atoms with van der Waals surface area (Å²) in [7, 11) is 3.17. The average molecular weight is 410 g/mol. The molecule has 0 aromatic heterocycles. The molecule has 1 unspecified atom stereocenters. The van der Waals surface area contributed by atoms with Crippen LogP contribution in [0.15, 0.2) is 48.5 Å². The monoisotopic (exact) mass is 410 g/mol. The molecule has 7 nitrogen and oxygen atoms in total. The maximum Gasteiger partial charge on any atom is 0.325 e. The van der Waals surface area contributed by atoms with Crippen LogP contribution in [0, 0.1) is 0 Å². The van der Waals surface area contributed by atoms with Crippen LogP contribution in [0.2, 0.25) is 0 Å². The Balaban J connectivity index is 1.74. The number of methoxy groups -OCH3 is 2. The van der Waals surface area contributed by atoms with E-state index in [-0.39, 0.29) is 18.6 Å².